The minimum atomic E-state index is -4.14. The van der Waals surface area contributed by atoms with Gasteiger partial charge in [0.25, 0.3) is 0 Å². The van der Waals surface area contributed by atoms with Crippen molar-refractivity contribution in [2.75, 3.05) is 26.9 Å². The molecule has 1 rings (SSSR count). The molecule has 0 fully saturated rings. The number of rotatable bonds is 10. The number of ether oxygens (including phenoxy) is 2. The summed E-state index contributed by atoms with van der Waals surface area (Å²) in [5.41, 5.74) is 0.736. The highest BCUT2D eigenvalue weighted by atomic mass is 19.3. The van der Waals surface area contributed by atoms with Crippen molar-refractivity contribution in [1.82, 2.24) is 15.3 Å². The van der Waals surface area contributed by atoms with Gasteiger partial charge in [0.15, 0.2) is 0 Å². The van der Waals surface area contributed by atoms with Gasteiger partial charge in [-0.25, -0.2) is 13.8 Å². The first-order valence-electron chi connectivity index (χ1n) is 5.92. The van der Waals surface area contributed by atoms with Gasteiger partial charge in [-0.05, 0) is 0 Å². The van der Waals surface area contributed by atoms with Crippen LogP contribution >= 0.6 is 0 Å². The summed E-state index contributed by atoms with van der Waals surface area (Å²) >= 11 is 0. The molecule has 9 heteroatoms. The fourth-order valence-electron chi connectivity index (χ4n) is 1.31. The predicted molar refractivity (Wildman–Crippen MR) is 62.8 cm³/mol. The molecule has 0 saturated heterocycles. The molecule has 116 valence electrons. The first kappa shape index (κ1) is 16.9. The van der Waals surface area contributed by atoms with Crippen molar-refractivity contribution in [3.63, 3.8) is 0 Å². The van der Waals surface area contributed by atoms with E-state index in [4.69, 9.17) is 4.74 Å². The molecule has 1 aromatic heterocycles. The van der Waals surface area contributed by atoms with Crippen molar-refractivity contribution in [3.05, 3.63) is 17.7 Å². The van der Waals surface area contributed by atoms with Gasteiger partial charge in [0, 0.05) is 32.1 Å². The number of hydrogen-bond donors (Lipinski definition) is 2. The molecule has 0 amide bonds. The Hall–Kier alpha value is -1.19. The van der Waals surface area contributed by atoms with Crippen LogP contribution in [-0.2, 0) is 22.6 Å². The summed E-state index contributed by atoms with van der Waals surface area (Å²) in [6.07, 6.45) is -2.22. The van der Waals surface area contributed by atoms with E-state index in [1.807, 2.05) is 0 Å². The number of nitrogens with zero attached hydrogens (tertiary/aromatic N) is 1. The molecule has 1 heterocycles. The lowest BCUT2D eigenvalue weighted by molar-refractivity contribution is -0.168. The van der Waals surface area contributed by atoms with Crippen molar-refractivity contribution < 1.29 is 27.0 Å². The molecular formula is C11H17F4N3O2. The largest absolute Gasteiger partial charge is 0.383 e. The molecule has 0 unspecified atom stereocenters. The number of imidazole rings is 1. The Balaban J connectivity index is 2.26. The number of H-pyrrole nitrogens is 1. The highest BCUT2D eigenvalue weighted by Crippen LogP contribution is 2.23. The molecule has 1 aromatic rings. The Morgan fingerprint density at radius 1 is 1.45 bits per heavy atom. The van der Waals surface area contributed by atoms with Crippen LogP contribution in [0.25, 0.3) is 0 Å². The third-order valence-corrected chi connectivity index (χ3v) is 2.33. The third-order valence-electron chi connectivity index (χ3n) is 2.33. The lowest BCUT2D eigenvalue weighted by atomic mass is 10.4. The summed E-state index contributed by atoms with van der Waals surface area (Å²) in [5.74, 6) is -3.84. The van der Waals surface area contributed by atoms with Crippen molar-refractivity contribution in [1.29, 1.82) is 0 Å². The van der Waals surface area contributed by atoms with Gasteiger partial charge in [0.1, 0.15) is 19.0 Å². The molecule has 0 aliphatic rings. The quantitative estimate of drug-likeness (QED) is 0.508. The van der Waals surface area contributed by atoms with E-state index in [0.29, 0.717) is 25.5 Å². The normalized spacial score (nSPS) is 12.3. The Bertz CT molecular complexity index is 388. The molecule has 0 atom stereocenters. The van der Waals surface area contributed by atoms with Crippen LogP contribution < -0.4 is 5.32 Å². The van der Waals surface area contributed by atoms with Crippen LogP contribution in [0.15, 0.2) is 6.20 Å². The van der Waals surface area contributed by atoms with Crippen molar-refractivity contribution in [3.8, 4) is 0 Å². The van der Waals surface area contributed by atoms with Crippen molar-refractivity contribution >= 4 is 0 Å². The van der Waals surface area contributed by atoms with Crippen LogP contribution in [0.1, 0.15) is 11.5 Å². The summed E-state index contributed by atoms with van der Waals surface area (Å²) in [5, 5.41) is 3.05. The fraction of sp³-hybridized carbons (Fsp3) is 0.727. The standard InChI is InChI=1S/C11H17F4N3O2/c1-19-3-2-16-4-8-5-17-9(18-8)6-20-7-11(14,15)10(12)13/h5,10,16H,2-4,6-7H2,1H3,(H,17,18). The van der Waals surface area contributed by atoms with E-state index in [1.54, 1.807) is 7.11 Å². The van der Waals surface area contributed by atoms with Gasteiger partial charge in [-0.1, -0.05) is 0 Å². The van der Waals surface area contributed by atoms with Gasteiger partial charge in [-0.15, -0.1) is 0 Å². The second kappa shape index (κ2) is 8.18. The Labute approximate surface area is 113 Å². The van der Waals surface area contributed by atoms with Crippen LogP contribution in [0.2, 0.25) is 0 Å². The number of aromatic amines is 1. The molecule has 2 N–H and O–H groups in total. The molecule has 0 bridgehead atoms. The highest BCUT2D eigenvalue weighted by Gasteiger charge is 2.40. The zero-order valence-electron chi connectivity index (χ0n) is 11.0. The van der Waals surface area contributed by atoms with Crippen LogP contribution in [0, 0.1) is 0 Å². The Morgan fingerprint density at radius 2 is 2.20 bits per heavy atom. The second-order valence-electron chi connectivity index (χ2n) is 4.08. The molecule has 0 spiro atoms. The molecule has 0 saturated carbocycles. The van der Waals surface area contributed by atoms with Gasteiger partial charge >= 0.3 is 12.3 Å². The van der Waals surface area contributed by atoms with Gasteiger partial charge in [-0.2, -0.15) is 8.78 Å². The summed E-state index contributed by atoms with van der Waals surface area (Å²) in [4.78, 5) is 6.73. The van der Waals surface area contributed by atoms with Gasteiger partial charge in [0.2, 0.25) is 0 Å². The maximum Gasteiger partial charge on any atom is 0.330 e. The van der Waals surface area contributed by atoms with Gasteiger partial charge in [-0.3, -0.25) is 0 Å². The zero-order chi connectivity index (χ0) is 15.0. The summed E-state index contributed by atoms with van der Waals surface area (Å²) in [6, 6.07) is 0. The summed E-state index contributed by atoms with van der Waals surface area (Å²) < 4.78 is 58.3. The van der Waals surface area contributed by atoms with Crippen LogP contribution in [0.4, 0.5) is 17.6 Å². The fourth-order valence-corrected chi connectivity index (χ4v) is 1.31. The van der Waals surface area contributed by atoms with E-state index >= 15 is 0 Å². The first-order valence-corrected chi connectivity index (χ1v) is 5.92. The van der Waals surface area contributed by atoms with E-state index in [-0.39, 0.29) is 6.61 Å². The maximum atomic E-state index is 12.6. The minimum Gasteiger partial charge on any atom is -0.383 e. The van der Waals surface area contributed by atoms with E-state index in [0.717, 1.165) is 5.69 Å². The molecule has 0 aliphatic heterocycles. The first-order chi connectivity index (χ1) is 9.45. The summed E-state index contributed by atoms with van der Waals surface area (Å²) in [7, 11) is 1.59. The zero-order valence-corrected chi connectivity index (χ0v) is 11.0. The van der Waals surface area contributed by atoms with Crippen LogP contribution in [-0.4, -0.2) is 49.2 Å². The molecule has 0 aromatic carbocycles. The molecule has 20 heavy (non-hydrogen) atoms. The van der Waals surface area contributed by atoms with E-state index < -0.39 is 19.0 Å². The number of methoxy groups -OCH3 is 1. The number of aromatic nitrogens is 2. The Morgan fingerprint density at radius 3 is 2.85 bits per heavy atom. The lowest BCUT2D eigenvalue weighted by Crippen LogP contribution is -2.32. The Kier molecular flexibility index (Phi) is 6.89. The van der Waals surface area contributed by atoms with E-state index in [9.17, 15) is 17.6 Å². The number of halogens is 4. The maximum absolute atomic E-state index is 12.6. The molecular weight excluding hydrogens is 282 g/mol. The molecule has 0 radical (unpaired) electrons. The minimum absolute atomic E-state index is 0.277. The van der Waals surface area contributed by atoms with Crippen molar-refractivity contribution in [2.45, 2.75) is 25.5 Å². The van der Waals surface area contributed by atoms with E-state index in [2.05, 4.69) is 20.0 Å². The third kappa shape index (κ3) is 5.85. The second-order valence-corrected chi connectivity index (χ2v) is 4.08. The lowest BCUT2D eigenvalue weighted by Gasteiger charge is -2.14. The van der Waals surface area contributed by atoms with Crippen molar-refractivity contribution in [2.24, 2.45) is 0 Å². The molecule has 5 nitrogen and oxygen atoms in total. The van der Waals surface area contributed by atoms with Gasteiger partial charge in [0.05, 0.1) is 6.61 Å². The molecule has 0 aliphatic carbocycles. The highest BCUT2D eigenvalue weighted by molar-refractivity contribution is 5.00. The van der Waals surface area contributed by atoms with Crippen LogP contribution in [0.3, 0.4) is 0 Å². The number of nitrogens with one attached hydrogen (secondary N) is 2. The average Bonchev–Trinajstić information content (AvgIpc) is 2.82. The monoisotopic (exact) mass is 299 g/mol. The number of alkyl halides is 4. The summed E-state index contributed by atoms with van der Waals surface area (Å²) in [6.45, 7) is 0.103. The SMILES string of the molecule is COCCNCc1cnc(COCC(F)(F)C(F)F)[nH]1. The van der Waals surface area contributed by atoms with Gasteiger partial charge < -0.3 is 19.8 Å². The smallest absolute Gasteiger partial charge is 0.330 e. The topological polar surface area (TPSA) is 59.2 Å². The van der Waals surface area contributed by atoms with Crippen LogP contribution in [0.5, 0.6) is 0 Å². The average molecular weight is 299 g/mol. The predicted octanol–water partition coefficient (Wildman–Crippen LogP) is 1.56. The van der Waals surface area contributed by atoms with E-state index in [1.165, 1.54) is 6.20 Å². The number of hydrogen-bond acceptors (Lipinski definition) is 4.